The zero-order chi connectivity index (χ0) is 19.0. The highest BCUT2D eigenvalue weighted by Gasteiger charge is 2.38. The summed E-state index contributed by atoms with van der Waals surface area (Å²) in [6.07, 6.45) is -0.197. The normalized spacial score (nSPS) is 19.2. The predicted octanol–water partition coefficient (Wildman–Crippen LogP) is 2.98. The maximum atomic E-state index is 12.1. The molecule has 2 fully saturated rings. The first-order valence-corrected chi connectivity index (χ1v) is 9.72. The van der Waals surface area contributed by atoms with E-state index < -0.39 is 5.60 Å². The molecular weight excluding hydrogens is 340 g/mol. The average molecular weight is 368 g/mol. The summed E-state index contributed by atoms with van der Waals surface area (Å²) in [6.45, 7) is 11.2. The number of benzene rings is 1. The van der Waals surface area contributed by atoms with Crippen LogP contribution < -0.4 is 4.90 Å². The number of anilines is 1. The molecule has 0 aliphatic carbocycles. The largest absolute Gasteiger partial charge is 0.444 e. The molecule has 0 spiro atoms. The van der Waals surface area contributed by atoms with Crippen LogP contribution in [-0.2, 0) is 4.74 Å². The standard InChI is InChI=1S/C21H28N4O2/c1-21(2,3)27-20(26)25-14-17(15-25)23-10-12-24(13-11-23)19-9-8-16-6-4-5-7-18(16)22-19/h4-9,17H,10-15H2,1-3H3. The van der Waals surface area contributed by atoms with Crippen molar-refractivity contribution in [1.29, 1.82) is 0 Å². The van der Waals surface area contributed by atoms with Crippen LogP contribution in [0.25, 0.3) is 10.9 Å². The molecule has 144 valence electrons. The molecule has 0 bridgehead atoms. The van der Waals surface area contributed by atoms with Crippen molar-refractivity contribution in [2.24, 2.45) is 0 Å². The minimum atomic E-state index is -0.430. The highest BCUT2D eigenvalue weighted by Crippen LogP contribution is 2.23. The number of aromatic nitrogens is 1. The summed E-state index contributed by atoms with van der Waals surface area (Å²) in [5, 5.41) is 1.18. The van der Waals surface area contributed by atoms with E-state index in [1.807, 2.05) is 32.9 Å². The number of para-hydroxylation sites is 1. The van der Waals surface area contributed by atoms with Gasteiger partial charge >= 0.3 is 6.09 Å². The number of pyridine rings is 1. The second kappa shape index (κ2) is 7.00. The van der Waals surface area contributed by atoms with E-state index in [0.717, 1.165) is 50.6 Å². The number of carbonyl (C=O) groups is 1. The number of fused-ring (bicyclic) bond motifs is 1. The number of piperazine rings is 1. The Balaban J connectivity index is 1.29. The summed E-state index contributed by atoms with van der Waals surface area (Å²) >= 11 is 0. The molecular formula is C21H28N4O2. The van der Waals surface area contributed by atoms with Crippen molar-refractivity contribution in [3.63, 3.8) is 0 Å². The molecule has 3 heterocycles. The lowest BCUT2D eigenvalue weighted by molar-refractivity contribution is -0.0162. The topological polar surface area (TPSA) is 48.9 Å². The number of ether oxygens (including phenoxy) is 1. The molecule has 0 saturated carbocycles. The Hall–Kier alpha value is -2.34. The van der Waals surface area contributed by atoms with E-state index in [0.29, 0.717) is 6.04 Å². The summed E-state index contributed by atoms with van der Waals surface area (Å²) < 4.78 is 5.44. The van der Waals surface area contributed by atoms with Crippen LogP contribution in [0.5, 0.6) is 0 Å². The van der Waals surface area contributed by atoms with Gasteiger partial charge in [-0.1, -0.05) is 18.2 Å². The fraction of sp³-hybridized carbons (Fsp3) is 0.524. The highest BCUT2D eigenvalue weighted by atomic mass is 16.6. The Morgan fingerprint density at radius 1 is 1.04 bits per heavy atom. The molecule has 0 unspecified atom stereocenters. The van der Waals surface area contributed by atoms with E-state index in [9.17, 15) is 4.79 Å². The number of nitrogens with zero attached hydrogens (tertiary/aromatic N) is 4. The van der Waals surface area contributed by atoms with Gasteiger partial charge in [-0.25, -0.2) is 9.78 Å². The van der Waals surface area contributed by atoms with E-state index in [-0.39, 0.29) is 6.09 Å². The molecule has 0 atom stereocenters. The second-order valence-electron chi connectivity index (χ2n) is 8.42. The van der Waals surface area contributed by atoms with E-state index in [4.69, 9.17) is 9.72 Å². The van der Waals surface area contributed by atoms with Gasteiger partial charge in [-0.2, -0.15) is 0 Å². The highest BCUT2D eigenvalue weighted by molar-refractivity contribution is 5.80. The van der Waals surface area contributed by atoms with Crippen LogP contribution >= 0.6 is 0 Å². The maximum Gasteiger partial charge on any atom is 0.410 e. The van der Waals surface area contributed by atoms with Crippen LogP contribution in [0.3, 0.4) is 0 Å². The minimum Gasteiger partial charge on any atom is -0.444 e. The Bertz CT molecular complexity index is 818. The quantitative estimate of drug-likeness (QED) is 0.816. The molecule has 2 aliphatic heterocycles. The van der Waals surface area contributed by atoms with E-state index in [1.54, 1.807) is 4.90 Å². The Labute approximate surface area is 160 Å². The van der Waals surface area contributed by atoms with Gasteiger partial charge in [0.05, 0.1) is 5.52 Å². The number of rotatable bonds is 2. The van der Waals surface area contributed by atoms with Crippen LogP contribution in [0.4, 0.5) is 10.6 Å². The van der Waals surface area contributed by atoms with Crippen LogP contribution in [-0.4, -0.2) is 71.8 Å². The summed E-state index contributed by atoms with van der Waals surface area (Å²) in [6, 6.07) is 12.9. The number of likely N-dealkylation sites (tertiary alicyclic amines) is 1. The predicted molar refractivity (Wildman–Crippen MR) is 107 cm³/mol. The molecule has 4 rings (SSSR count). The van der Waals surface area contributed by atoms with Crippen molar-refractivity contribution in [2.45, 2.75) is 32.4 Å². The zero-order valence-electron chi connectivity index (χ0n) is 16.4. The van der Waals surface area contributed by atoms with Gasteiger partial charge in [0.2, 0.25) is 0 Å². The molecule has 2 aliphatic rings. The first kappa shape index (κ1) is 18.0. The second-order valence-corrected chi connectivity index (χ2v) is 8.42. The average Bonchev–Trinajstić information content (AvgIpc) is 2.59. The van der Waals surface area contributed by atoms with Crippen molar-refractivity contribution in [3.05, 3.63) is 36.4 Å². The van der Waals surface area contributed by atoms with Crippen molar-refractivity contribution >= 4 is 22.8 Å². The first-order chi connectivity index (χ1) is 12.9. The molecule has 2 saturated heterocycles. The first-order valence-electron chi connectivity index (χ1n) is 9.72. The molecule has 27 heavy (non-hydrogen) atoms. The van der Waals surface area contributed by atoms with Crippen LogP contribution in [0.15, 0.2) is 36.4 Å². The fourth-order valence-electron chi connectivity index (χ4n) is 3.71. The molecule has 1 amide bonds. The van der Waals surface area contributed by atoms with Gasteiger partial charge in [0.1, 0.15) is 11.4 Å². The van der Waals surface area contributed by atoms with E-state index in [2.05, 4.69) is 34.1 Å². The Morgan fingerprint density at radius 3 is 2.44 bits per heavy atom. The lowest BCUT2D eigenvalue weighted by Crippen LogP contribution is -2.64. The zero-order valence-corrected chi connectivity index (χ0v) is 16.4. The molecule has 1 aromatic heterocycles. The van der Waals surface area contributed by atoms with Crippen molar-refractivity contribution in [1.82, 2.24) is 14.8 Å². The third-order valence-corrected chi connectivity index (χ3v) is 5.25. The summed E-state index contributed by atoms with van der Waals surface area (Å²) in [5.41, 5.74) is 0.616. The van der Waals surface area contributed by atoms with Crippen LogP contribution in [0.1, 0.15) is 20.8 Å². The van der Waals surface area contributed by atoms with Gasteiger partial charge < -0.3 is 14.5 Å². The minimum absolute atomic E-state index is 0.197. The number of amides is 1. The molecule has 6 nitrogen and oxygen atoms in total. The van der Waals surface area contributed by atoms with Crippen LogP contribution in [0.2, 0.25) is 0 Å². The number of hydrogen-bond acceptors (Lipinski definition) is 5. The van der Waals surface area contributed by atoms with Gasteiger partial charge in [0, 0.05) is 50.7 Å². The van der Waals surface area contributed by atoms with Gasteiger partial charge in [-0.15, -0.1) is 0 Å². The number of carbonyl (C=O) groups excluding carboxylic acids is 1. The van der Waals surface area contributed by atoms with Gasteiger partial charge in [-0.3, -0.25) is 4.90 Å². The Kier molecular flexibility index (Phi) is 4.68. The van der Waals surface area contributed by atoms with Crippen molar-refractivity contribution < 1.29 is 9.53 Å². The fourth-order valence-corrected chi connectivity index (χ4v) is 3.71. The SMILES string of the molecule is CC(C)(C)OC(=O)N1CC(N2CCN(c3ccc4ccccc4n3)CC2)C1. The molecule has 0 radical (unpaired) electrons. The lowest BCUT2D eigenvalue weighted by atomic mass is 10.1. The third kappa shape index (κ3) is 4.00. The molecule has 1 aromatic carbocycles. The molecule has 6 heteroatoms. The summed E-state index contributed by atoms with van der Waals surface area (Å²) in [4.78, 5) is 23.5. The smallest absolute Gasteiger partial charge is 0.410 e. The summed E-state index contributed by atoms with van der Waals surface area (Å²) in [5.74, 6) is 1.05. The van der Waals surface area contributed by atoms with Crippen LogP contribution in [0, 0.1) is 0 Å². The lowest BCUT2D eigenvalue weighted by Gasteiger charge is -2.48. The monoisotopic (exact) mass is 368 g/mol. The third-order valence-electron chi connectivity index (χ3n) is 5.25. The van der Waals surface area contributed by atoms with E-state index in [1.165, 1.54) is 5.39 Å². The number of hydrogen-bond donors (Lipinski definition) is 0. The molecule has 0 N–H and O–H groups in total. The Morgan fingerprint density at radius 2 is 1.74 bits per heavy atom. The van der Waals surface area contributed by atoms with Gasteiger partial charge in [-0.05, 0) is 39.0 Å². The van der Waals surface area contributed by atoms with Gasteiger partial charge in [0.25, 0.3) is 0 Å². The maximum absolute atomic E-state index is 12.1. The van der Waals surface area contributed by atoms with Crippen molar-refractivity contribution in [2.75, 3.05) is 44.2 Å². The molecule has 2 aromatic rings. The van der Waals surface area contributed by atoms with Crippen molar-refractivity contribution in [3.8, 4) is 0 Å². The van der Waals surface area contributed by atoms with E-state index >= 15 is 0 Å². The summed E-state index contributed by atoms with van der Waals surface area (Å²) in [7, 11) is 0. The van der Waals surface area contributed by atoms with Gasteiger partial charge in [0.15, 0.2) is 0 Å².